The lowest BCUT2D eigenvalue weighted by molar-refractivity contribution is -0.143. The molecule has 7 heteroatoms. The maximum Gasteiger partial charge on any atom is 0.305 e. The summed E-state index contributed by atoms with van der Waals surface area (Å²) in [7, 11) is 1.65. The van der Waals surface area contributed by atoms with Crippen LogP contribution in [-0.2, 0) is 20.8 Å². The molecule has 0 aliphatic heterocycles. The van der Waals surface area contributed by atoms with Gasteiger partial charge in [0.15, 0.2) is 5.96 Å². The number of aliphatic imine (C=N–C) groups is 1. The Hall–Kier alpha value is -2.28. The second kappa shape index (κ2) is 14.8. The maximum atomic E-state index is 11.4. The average molecular weight is 380 g/mol. The largest absolute Gasteiger partial charge is 0.497 e. The number of methoxy groups -OCH3 is 1. The highest BCUT2D eigenvalue weighted by Crippen LogP contribution is 2.11. The van der Waals surface area contributed by atoms with E-state index in [2.05, 4.69) is 15.6 Å². The molecule has 0 aliphatic rings. The van der Waals surface area contributed by atoms with Crippen molar-refractivity contribution in [3.8, 4) is 5.75 Å². The van der Waals surface area contributed by atoms with Crippen LogP contribution in [0.3, 0.4) is 0 Å². The zero-order valence-electron chi connectivity index (χ0n) is 16.8. The van der Waals surface area contributed by atoms with E-state index in [0.29, 0.717) is 32.5 Å². The Morgan fingerprint density at radius 1 is 1.04 bits per heavy atom. The number of esters is 1. The number of carbonyl (C=O) groups excluding carboxylic acids is 1. The first kappa shape index (κ1) is 22.8. The molecule has 0 unspecified atom stereocenters. The van der Waals surface area contributed by atoms with Crippen LogP contribution in [-0.4, -0.2) is 51.9 Å². The van der Waals surface area contributed by atoms with Crippen LogP contribution in [0.25, 0.3) is 0 Å². The molecular weight excluding hydrogens is 346 g/mol. The number of nitrogens with one attached hydrogen (secondary N) is 2. The second-order valence-electron chi connectivity index (χ2n) is 5.83. The highest BCUT2D eigenvalue weighted by Gasteiger charge is 2.03. The van der Waals surface area contributed by atoms with Crippen molar-refractivity contribution in [2.24, 2.45) is 4.99 Å². The molecule has 0 saturated carbocycles. The summed E-state index contributed by atoms with van der Waals surface area (Å²) in [6.07, 6.45) is 2.00. The number of nitrogens with zero attached hydrogens (tertiary/aromatic N) is 1. The van der Waals surface area contributed by atoms with E-state index in [-0.39, 0.29) is 5.97 Å². The van der Waals surface area contributed by atoms with Crippen molar-refractivity contribution in [3.05, 3.63) is 29.8 Å². The van der Waals surface area contributed by atoms with Crippen LogP contribution in [0.4, 0.5) is 0 Å². The smallest absolute Gasteiger partial charge is 0.305 e. The van der Waals surface area contributed by atoms with Crippen molar-refractivity contribution in [3.63, 3.8) is 0 Å². The molecule has 0 amide bonds. The molecule has 0 atom stereocenters. The molecule has 152 valence electrons. The fraction of sp³-hybridized carbons (Fsp3) is 0.600. The lowest BCUT2D eigenvalue weighted by Gasteiger charge is -2.13. The zero-order chi connectivity index (χ0) is 19.7. The van der Waals surface area contributed by atoms with E-state index >= 15 is 0 Å². The van der Waals surface area contributed by atoms with E-state index in [4.69, 9.17) is 14.2 Å². The summed E-state index contributed by atoms with van der Waals surface area (Å²) in [6, 6.07) is 7.84. The van der Waals surface area contributed by atoms with Crippen molar-refractivity contribution in [2.75, 3.05) is 40.0 Å². The van der Waals surface area contributed by atoms with Crippen LogP contribution in [0.5, 0.6) is 5.75 Å². The molecule has 1 aromatic rings. The van der Waals surface area contributed by atoms with E-state index in [0.717, 1.165) is 43.5 Å². The SMILES string of the molecule is CCOCCCNC(=NCc1ccc(OC)cc1)NCCCC(=O)OCC. The lowest BCUT2D eigenvalue weighted by Crippen LogP contribution is -2.38. The number of guanidine groups is 1. The Morgan fingerprint density at radius 3 is 2.37 bits per heavy atom. The Kier molecular flexibility index (Phi) is 12.5. The van der Waals surface area contributed by atoms with Crippen molar-refractivity contribution in [1.82, 2.24) is 10.6 Å². The number of hydrogen-bond acceptors (Lipinski definition) is 5. The summed E-state index contributed by atoms with van der Waals surface area (Å²) in [5, 5.41) is 6.57. The fourth-order valence-electron chi connectivity index (χ4n) is 2.27. The van der Waals surface area contributed by atoms with Crippen LogP contribution in [0, 0.1) is 0 Å². The summed E-state index contributed by atoms with van der Waals surface area (Å²) in [6.45, 7) is 7.64. The average Bonchev–Trinajstić information content (AvgIpc) is 2.69. The van der Waals surface area contributed by atoms with Crippen LogP contribution >= 0.6 is 0 Å². The van der Waals surface area contributed by atoms with E-state index in [1.54, 1.807) is 7.11 Å². The Balaban J connectivity index is 2.48. The third-order valence-electron chi connectivity index (χ3n) is 3.70. The summed E-state index contributed by atoms with van der Waals surface area (Å²) in [5.41, 5.74) is 1.10. The minimum Gasteiger partial charge on any atom is -0.497 e. The van der Waals surface area contributed by atoms with Gasteiger partial charge < -0.3 is 24.8 Å². The van der Waals surface area contributed by atoms with Crippen molar-refractivity contribution in [2.45, 2.75) is 39.7 Å². The van der Waals surface area contributed by atoms with Gasteiger partial charge in [-0.3, -0.25) is 4.79 Å². The molecule has 0 fully saturated rings. The normalized spacial score (nSPS) is 11.1. The van der Waals surface area contributed by atoms with Gasteiger partial charge in [0.1, 0.15) is 5.75 Å². The number of ether oxygens (including phenoxy) is 3. The predicted octanol–water partition coefficient (Wildman–Crippen LogP) is 2.50. The van der Waals surface area contributed by atoms with Crippen LogP contribution in [0.15, 0.2) is 29.3 Å². The van der Waals surface area contributed by atoms with Crippen molar-refractivity contribution >= 4 is 11.9 Å². The Bertz CT molecular complexity index is 547. The molecule has 2 N–H and O–H groups in total. The van der Waals surface area contributed by atoms with Gasteiger partial charge in [-0.1, -0.05) is 12.1 Å². The molecule has 1 rings (SSSR count). The van der Waals surface area contributed by atoms with Crippen LogP contribution < -0.4 is 15.4 Å². The molecule has 0 saturated heterocycles. The van der Waals surface area contributed by atoms with Gasteiger partial charge in [-0.25, -0.2) is 4.99 Å². The summed E-state index contributed by atoms with van der Waals surface area (Å²) < 4.78 is 15.5. The molecule has 0 aliphatic carbocycles. The first-order chi connectivity index (χ1) is 13.2. The quantitative estimate of drug-likeness (QED) is 0.237. The Morgan fingerprint density at radius 2 is 1.74 bits per heavy atom. The molecule has 1 aromatic carbocycles. The Labute approximate surface area is 162 Å². The fourth-order valence-corrected chi connectivity index (χ4v) is 2.27. The number of carbonyl (C=O) groups is 1. The van der Waals surface area contributed by atoms with Crippen molar-refractivity contribution < 1.29 is 19.0 Å². The number of hydrogen-bond donors (Lipinski definition) is 2. The van der Waals surface area contributed by atoms with Gasteiger partial charge in [-0.15, -0.1) is 0 Å². The molecule has 27 heavy (non-hydrogen) atoms. The van der Waals surface area contributed by atoms with Crippen molar-refractivity contribution in [1.29, 1.82) is 0 Å². The van der Waals surface area contributed by atoms with Crippen LogP contribution in [0.1, 0.15) is 38.7 Å². The highest BCUT2D eigenvalue weighted by molar-refractivity contribution is 5.79. The van der Waals surface area contributed by atoms with Gasteiger partial charge in [0.2, 0.25) is 0 Å². The molecular formula is C20H33N3O4. The molecule has 0 aromatic heterocycles. The third-order valence-corrected chi connectivity index (χ3v) is 3.70. The first-order valence-corrected chi connectivity index (χ1v) is 9.58. The van der Waals surface area contributed by atoms with Gasteiger partial charge in [-0.05, 0) is 44.4 Å². The van der Waals surface area contributed by atoms with E-state index in [1.807, 2.05) is 38.1 Å². The number of rotatable bonds is 13. The van der Waals surface area contributed by atoms with Gasteiger partial charge in [0.05, 0.1) is 20.3 Å². The molecule has 7 nitrogen and oxygen atoms in total. The molecule has 0 spiro atoms. The second-order valence-corrected chi connectivity index (χ2v) is 5.83. The van der Waals surface area contributed by atoms with E-state index in [1.165, 1.54) is 0 Å². The molecule has 0 heterocycles. The maximum absolute atomic E-state index is 11.4. The monoisotopic (exact) mass is 379 g/mol. The zero-order valence-corrected chi connectivity index (χ0v) is 16.8. The number of benzene rings is 1. The predicted molar refractivity (Wildman–Crippen MR) is 107 cm³/mol. The van der Waals surface area contributed by atoms with Gasteiger partial charge in [0.25, 0.3) is 0 Å². The minimum atomic E-state index is -0.166. The highest BCUT2D eigenvalue weighted by atomic mass is 16.5. The van der Waals surface area contributed by atoms with Gasteiger partial charge in [0, 0.05) is 32.7 Å². The lowest BCUT2D eigenvalue weighted by atomic mass is 10.2. The third kappa shape index (κ3) is 11.1. The molecule has 0 bridgehead atoms. The van der Waals surface area contributed by atoms with Crippen LogP contribution in [0.2, 0.25) is 0 Å². The molecule has 0 radical (unpaired) electrons. The van der Waals surface area contributed by atoms with E-state index < -0.39 is 0 Å². The van der Waals surface area contributed by atoms with Gasteiger partial charge >= 0.3 is 5.97 Å². The summed E-state index contributed by atoms with van der Waals surface area (Å²) in [5.74, 6) is 1.39. The van der Waals surface area contributed by atoms with E-state index in [9.17, 15) is 4.79 Å². The minimum absolute atomic E-state index is 0.166. The standard InChI is InChI=1S/C20H33N3O4/c1-4-26-15-7-14-22-20(21-13-6-8-19(24)27-5-2)23-16-17-9-11-18(25-3)12-10-17/h9-12H,4-8,13-16H2,1-3H3,(H2,21,22,23). The van der Waals surface area contributed by atoms with Gasteiger partial charge in [-0.2, -0.15) is 0 Å². The topological polar surface area (TPSA) is 81.2 Å². The summed E-state index contributed by atoms with van der Waals surface area (Å²) in [4.78, 5) is 16.0. The summed E-state index contributed by atoms with van der Waals surface area (Å²) >= 11 is 0. The first-order valence-electron chi connectivity index (χ1n) is 9.58.